The lowest BCUT2D eigenvalue weighted by Crippen LogP contribution is -2.18. The summed E-state index contributed by atoms with van der Waals surface area (Å²) in [7, 11) is 0. The minimum absolute atomic E-state index is 0.246. The SMILES string of the molecule is CCC(COCc1ccc(N)cc1)C(=O)O. The number of hydrogen-bond donors (Lipinski definition) is 2. The number of aliphatic carboxylic acids is 1. The normalized spacial score (nSPS) is 12.3. The van der Waals surface area contributed by atoms with Crippen molar-refractivity contribution in [3.8, 4) is 0 Å². The van der Waals surface area contributed by atoms with Crippen LogP contribution >= 0.6 is 0 Å². The molecule has 0 saturated carbocycles. The van der Waals surface area contributed by atoms with Gasteiger partial charge in [-0.25, -0.2) is 0 Å². The molecule has 0 amide bonds. The molecule has 0 aromatic heterocycles. The van der Waals surface area contributed by atoms with Gasteiger partial charge >= 0.3 is 5.97 Å². The Hall–Kier alpha value is -1.55. The fraction of sp³-hybridized carbons (Fsp3) is 0.417. The maximum Gasteiger partial charge on any atom is 0.308 e. The van der Waals surface area contributed by atoms with Crippen LogP contribution in [-0.4, -0.2) is 17.7 Å². The lowest BCUT2D eigenvalue weighted by atomic mass is 10.1. The van der Waals surface area contributed by atoms with Crippen molar-refractivity contribution < 1.29 is 14.6 Å². The molecular weight excluding hydrogens is 206 g/mol. The first-order chi connectivity index (χ1) is 7.63. The Kier molecular flexibility index (Phi) is 4.79. The molecule has 1 unspecified atom stereocenters. The van der Waals surface area contributed by atoms with Crippen LogP contribution in [0.15, 0.2) is 24.3 Å². The van der Waals surface area contributed by atoms with Crippen molar-refractivity contribution in [3.63, 3.8) is 0 Å². The molecule has 1 aromatic rings. The molecule has 0 spiro atoms. The minimum Gasteiger partial charge on any atom is -0.481 e. The highest BCUT2D eigenvalue weighted by molar-refractivity contribution is 5.69. The zero-order chi connectivity index (χ0) is 12.0. The molecular formula is C12H17NO3. The molecule has 3 N–H and O–H groups in total. The minimum atomic E-state index is -0.806. The predicted molar refractivity (Wildman–Crippen MR) is 61.9 cm³/mol. The molecule has 4 heteroatoms. The maximum atomic E-state index is 10.7. The Morgan fingerprint density at radius 3 is 2.56 bits per heavy atom. The van der Waals surface area contributed by atoms with Gasteiger partial charge in [0, 0.05) is 5.69 Å². The van der Waals surface area contributed by atoms with E-state index in [9.17, 15) is 4.79 Å². The van der Waals surface area contributed by atoms with Gasteiger partial charge in [0.05, 0.1) is 19.1 Å². The molecule has 0 aliphatic rings. The monoisotopic (exact) mass is 223 g/mol. The van der Waals surface area contributed by atoms with Crippen LogP contribution in [0, 0.1) is 5.92 Å². The summed E-state index contributed by atoms with van der Waals surface area (Å²) in [5.41, 5.74) is 7.25. The number of nitrogen functional groups attached to an aromatic ring is 1. The fourth-order valence-electron chi connectivity index (χ4n) is 1.30. The van der Waals surface area contributed by atoms with Gasteiger partial charge < -0.3 is 15.6 Å². The Morgan fingerprint density at radius 2 is 2.06 bits per heavy atom. The smallest absolute Gasteiger partial charge is 0.308 e. The number of benzene rings is 1. The second kappa shape index (κ2) is 6.12. The topological polar surface area (TPSA) is 72.5 Å². The lowest BCUT2D eigenvalue weighted by Gasteiger charge is -2.10. The van der Waals surface area contributed by atoms with Crippen LogP contribution < -0.4 is 5.73 Å². The molecule has 4 nitrogen and oxygen atoms in total. The second-order valence-electron chi connectivity index (χ2n) is 3.70. The number of rotatable bonds is 6. The van der Waals surface area contributed by atoms with Gasteiger partial charge in [0.15, 0.2) is 0 Å². The first-order valence-corrected chi connectivity index (χ1v) is 5.28. The average Bonchev–Trinajstić information content (AvgIpc) is 2.26. The summed E-state index contributed by atoms with van der Waals surface area (Å²) in [6.07, 6.45) is 0.580. The molecule has 0 aliphatic heterocycles. The molecule has 0 fully saturated rings. The summed E-state index contributed by atoms with van der Waals surface area (Å²) in [6.45, 7) is 2.51. The largest absolute Gasteiger partial charge is 0.481 e. The molecule has 0 bridgehead atoms. The van der Waals surface area contributed by atoms with Crippen LogP contribution in [0.3, 0.4) is 0 Å². The van der Waals surface area contributed by atoms with Gasteiger partial charge in [-0.1, -0.05) is 19.1 Å². The molecule has 88 valence electrons. The maximum absolute atomic E-state index is 10.7. The molecule has 0 aliphatic carbocycles. The van der Waals surface area contributed by atoms with E-state index < -0.39 is 11.9 Å². The number of carboxylic acids is 1. The van der Waals surface area contributed by atoms with E-state index in [0.29, 0.717) is 18.7 Å². The Labute approximate surface area is 95.0 Å². The van der Waals surface area contributed by atoms with E-state index in [-0.39, 0.29) is 6.61 Å². The van der Waals surface area contributed by atoms with Crippen LogP contribution in [0.5, 0.6) is 0 Å². The van der Waals surface area contributed by atoms with E-state index in [1.165, 1.54) is 0 Å². The fourth-order valence-corrected chi connectivity index (χ4v) is 1.30. The third kappa shape index (κ3) is 3.90. The van der Waals surface area contributed by atoms with Crippen LogP contribution in [-0.2, 0) is 16.1 Å². The molecule has 0 heterocycles. The highest BCUT2D eigenvalue weighted by atomic mass is 16.5. The van der Waals surface area contributed by atoms with Crippen molar-refractivity contribution in [1.29, 1.82) is 0 Å². The second-order valence-corrected chi connectivity index (χ2v) is 3.70. The molecule has 0 saturated heterocycles. The number of anilines is 1. The third-order valence-corrected chi connectivity index (χ3v) is 2.41. The summed E-state index contributed by atoms with van der Waals surface area (Å²) >= 11 is 0. The van der Waals surface area contributed by atoms with Crippen LogP contribution in [0.25, 0.3) is 0 Å². The summed E-state index contributed by atoms with van der Waals surface area (Å²) in [6, 6.07) is 7.34. The van der Waals surface area contributed by atoms with E-state index in [4.69, 9.17) is 15.6 Å². The summed E-state index contributed by atoms with van der Waals surface area (Å²) in [4.78, 5) is 10.7. The number of carboxylic acid groups (broad SMARTS) is 1. The van der Waals surface area contributed by atoms with Crippen molar-refractivity contribution in [3.05, 3.63) is 29.8 Å². The van der Waals surface area contributed by atoms with Gasteiger partial charge in [-0.15, -0.1) is 0 Å². The zero-order valence-electron chi connectivity index (χ0n) is 9.35. The molecule has 1 rings (SSSR count). The lowest BCUT2D eigenvalue weighted by molar-refractivity contribution is -0.144. The predicted octanol–water partition coefficient (Wildman–Crippen LogP) is 1.90. The third-order valence-electron chi connectivity index (χ3n) is 2.41. The van der Waals surface area contributed by atoms with Gasteiger partial charge in [0.1, 0.15) is 0 Å². The molecule has 1 aromatic carbocycles. The first-order valence-electron chi connectivity index (χ1n) is 5.28. The van der Waals surface area contributed by atoms with Gasteiger partial charge in [-0.05, 0) is 24.1 Å². The van der Waals surface area contributed by atoms with E-state index in [0.717, 1.165) is 5.56 Å². The average molecular weight is 223 g/mol. The van der Waals surface area contributed by atoms with Gasteiger partial charge in [-0.2, -0.15) is 0 Å². The van der Waals surface area contributed by atoms with Crippen molar-refractivity contribution in [2.75, 3.05) is 12.3 Å². The van der Waals surface area contributed by atoms with E-state index in [2.05, 4.69) is 0 Å². The highest BCUT2D eigenvalue weighted by Gasteiger charge is 2.14. The standard InChI is InChI=1S/C12H17NO3/c1-2-10(12(14)15)8-16-7-9-3-5-11(13)6-4-9/h3-6,10H,2,7-8,13H2,1H3,(H,14,15). The van der Waals surface area contributed by atoms with Crippen molar-refractivity contribution in [2.24, 2.45) is 5.92 Å². The number of hydrogen-bond acceptors (Lipinski definition) is 3. The first kappa shape index (κ1) is 12.5. The number of carbonyl (C=O) groups is 1. The van der Waals surface area contributed by atoms with Crippen LogP contribution in [0.2, 0.25) is 0 Å². The molecule has 16 heavy (non-hydrogen) atoms. The van der Waals surface area contributed by atoms with Gasteiger partial charge in [-0.3, -0.25) is 4.79 Å². The van der Waals surface area contributed by atoms with E-state index >= 15 is 0 Å². The summed E-state index contributed by atoms with van der Waals surface area (Å²) < 4.78 is 5.35. The van der Waals surface area contributed by atoms with Crippen molar-refractivity contribution in [2.45, 2.75) is 20.0 Å². The van der Waals surface area contributed by atoms with Crippen molar-refractivity contribution in [1.82, 2.24) is 0 Å². The van der Waals surface area contributed by atoms with E-state index in [1.54, 1.807) is 12.1 Å². The summed E-state index contributed by atoms with van der Waals surface area (Å²) in [5, 5.41) is 8.81. The Balaban J connectivity index is 2.35. The number of nitrogens with two attached hydrogens (primary N) is 1. The Bertz CT molecular complexity index is 335. The number of ether oxygens (including phenoxy) is 1. The Morgan fingerprint density at radius 1 is 1.44 bits per heavy atom. The van der Waals surface area contributed by atoms with Crippen LogP contribution in [0.4, 0.5) is 5.69 Å². The molecule has 1 atom stereocenters. The zero-order valence-corrected chi connectivity index (χ0v) is 9.35. The molecule has 0 radical (unpaired) electrons. The van der Waals surface area contributed by atoms with Crippen molar-refractivity contribution >= 4 is 11.7 Å². The van der Waals surface area contributed by atoms with Crippen LogP contribution in [0.1, 0.15) is 18.9 Å². The highest BCUT2D eigenvalue weighted by Crippen LogP contribution is 2.09. The summed E-state index contributed by atoms with van der Waals surface area (Å²) in [5.74, 6) is -1.23. The van der Waals surface area contributed by atoms with Gasteiger partial charge in [0.25, 0.3) is 0 Å². The quantitative estimate of drug-likeness (QED) is 0.722. The van der Waals surface area contributed by atoms with Gasteiger partial charge in [0.2, 0.25) is 0 Å². The van der Waals surface area contributed by atoms with E-state index in [1.807, 2.05) is 19.1 Å².